The molecule has 3 rings (SSSR count). The number of thioether (sulfide) groups is 1. The van der Waals surface area contributed by atoms with Crippen molar-refractivity contribution in [3.63, 3.8) is 0 Å². The fraction of sp³-hybridized carbons (Fsp3) is 0.417. The van der Waals surface area contributed by atoms with Crippen molar-refractivity contribution in [3.8, 4) is 0 Å². The van der Waals surface area contributed by atoms with Crippen molar-refractivity contribution in [2.75, 3.05) is 29.6 Å². The highest BCUT2D eigenvalue weighted by atomic mass is 32.2. The molecule has 0 aromatic heterocycles. The standard InChI is InChI=1S/C12H15N3O2S2/c1-18-12-13-10-5-4-9(15-6-2-3-7-15)8-11(10)19(16,17)14-12/h4-5,8H,2-3,6-7H2,1H3,(H,13,14). The Morgan fingerprint density at radius 2 is 2.05 bits per heavy atom. The predicted molar refractivity (Wildman–Crippen MR) is 79.6 cm³/mol. The second-order valence-corrected chi connectivity index (χ2v) is 6.94. The molecule has 19 heavy (non-hydrogen) atoms. The largest absolute Gasteiger partial charge is 0.371 e. The van der Waals surface area contributed by atoms with Crippen molar-refractivity contribution < 1.29 is 8.42 Å². The lowest BCUT2D eigenvalue weighted by Crippen LogP contribution is -2.21. The quantitative estimate of drug-likeness (QED) is 0.860. The van der Waals surface area contributed by atoms with Crippen LogP contribution in [0.2, 0.25) is 0 Å². The van der Waals surface area contributed by atoms with Gasteiger partial charge in [-0.2, -0.15) is 8.42 Å². The maximum absolute atomic E-state index is 12.2. The molecule has 2 aliphatic heterocycles. The Hall–Kier alpha value is -1.21. The zero-order valence-corrected chi connectivity index (χ0v) is 12.2. The lowest BCUT2D eigenvalue weighted by atomic mass is 10.2. The van der Waals surface area contributed by atoms with Gasteiger partial charge in [0.15, 0.2) is 5.17 Å². The van der Waals surface area contributed by atoms with Gasteiger partial charge in [0.05, 0.1) is 5.69 Å². The van der Waals surface area contributed by atoms with Crippen LogP contribution < -0.4 is 10.2 Å². The molecular formula is C12H15N3O2S2. The second-order valence-electron chi connectivity index (χ2n) is 4.58. The normalized spacial score (nSPS) is 20.7. The van der Waals surface area contributed by atoms with E-state index < -0.39 is 10.0 Å². The van der Waals surface area contributed by atoms with Crippen LogP contribution in [0.1, 0.15) is 12.8 Å². The zero-order chi connectivity index (χ0) is 13.5. The van der Waals surface area contributed by atoms with Crippen LogP contribution in [-0.4, -0.2) is 32.9 Å². The molecule has 0 radical (unpaired) electrons. The van der Waals surface area contributed by atoms with Gasteiger partial charge in [-0.25, -0.2) is 0 Å². The first-order valence-corrected chi connectivity index (χ1v) is 8.81. The molecule has 7 heteroatoms. The van der Waals surface area contributed by atoms with Crippen LogP contribution in [0.15, 0.2) is 27.5 Å². The van der Waals surface area contributed by atoms with Gasteiger partial charge in [0.2, 0.25) is 0 Å². The van der Waals surface area contributed by atoms with E-state index in [1.165, 1.54) is 11.8 Å². The molecule has 102 valence electrons. The molecule has 0 spiro atoms. The Balaban J connectivity index is 2.04. The van der Waals surface area contributed by atoms with Crippen LogP contribution in [-0.2, 0) is 10.0 Å². The summed E-state index contributed by atoms with van der Waals surface area (Å²) in [5.41, 5.74) is 1.58. The van der Waals surface area contributed by atoms with Gasteiger partial charge in [0.1, 0.15) is 4.90 Å². The Kier molecular flexibility index (Phi) is 3.18. The van der Waals surface area contributed by atoms with Gasteiger partial charge < -0.3 is 10.2 Å². The Bertz CT molecular complexity index is 634. The lowest BCUT2D eigenvalue weighted by Gasteiger charge is -2.22. The summed E-state index contributed by atoms with van der Waals surface area (Å²) in [7, 11) is -3.58. The number of nitrogens with one attached hydrogen (secondary N) is 1. The van der Waals surface area contributed by atoms with E-state index in [-0.39, 0.29) is 4.90 Å². The molecule has 1 saturated heterocycles. The highest BCUT2D eigenvalue weighted by Crippen LogP contribution is 2.33. The van der Waals surface area contributed by atoms with Gasteiger partial charge in [0.25, 0.3) is 10.0 Å². The van der Waals surface area contributed by atoms with Crippen LogP contribution in [0.5, 0.6) is 0 Å². The molecule has 1 aromatic rings. The molecule has 0 bridgehead atoms. The minimum Gasteiger partial charge on any atom is -0.371 e. The van der Waals surface area contributed by atoms with Crippen LogP contribution >= 0.6 is 11.8 Å². The summed E-state index contributed by atoms with van der Waals surface area (Å²) in [4.78, 5) is 2.48. The minimum atomic E-state index is -3.58. The second kappa shape index (κ2) is 4.72. The molecule has 1 N–H and O–H groups in total. The van der Waals surface area contributed by atoms with Gasteiger partial charge in [-0.3, -0.25) is 0 Å². The van der Waals surface area contributed by atoms with Gasteiger partial charge >= 0.3 is 0 Å². The van der Waals surface area contributed by atoms with E-state index in [0.29, 0.717) is 10.9 Å². The molecule has 0 atom stereocenters. The number of anilines is 2. The van der Waals surface area contributed by atoms with E-state index in [1.807, 2.05) is 12.1 Å². The summed E-state index contributed by atoms with van der Waals surface area (Å²) in [6.45, 7) is 1.98. The Labute approximate surface area is 117 Å². The summed E-state index contributed by atoms with van der Waals surface area (Å²) in [5.74, 6) is 0. The molecular weight excluding hydrogens is 282 g/mol. The number of fused-ring (bicyclic) bond motifs is 1. The SMILES string of the molecule is CSC1=NS(=O)(=O)c2cc(N3CCCC3)ccc2N1. The summed E-state index contributed by atoms with van der Waals surface area (Å²) in [6, 6.07) is 5.52. The van der Waals surface area contributed by atoms with Crippen LogP contribution in [0, 0.1) is 0 Å². The minimum absolute atomic E-state index is 0.273. The van der Waals surface area contributed by atoms with E-state index in [2.05, 4.69) is 14.6 Å². The van der Waals surface area contributed by atoms with Crippen LogP contribution in [0.25, 0.3) is 0 Å². The van der Waals surface area contributed by atoms with E-state index in [9.17, 15) is 8.42 Å². The van der Waals surface area contributed by atoms with Gasteiger partial charge in [-0.05, 0) is 37.3 Å². The van der Waals surface area contributed by atoms with Crippen molar-refractivity contribution in [2.24, 2.45) is 4.40 Å². The van der Waals surface area contributed by atoms with Crippen molar-refractivity contribution in [2.45, 2.75) is 17.7 Å². The highest BCUT2D eigenvalue weighted by Gasteiger charge is 2.26. The summed E-state index contributed by atoms with van der Waals surface area (Å²) in [5, 5.41) is 3.45. The number of rotatable bonds is 1. The van der Waals surface area contributed by atoms with E-state index >= 15 is 0 Å². The fourth-order valence-electron chi connectivity index (χ4n) is 2.38. The summed E-state index contributed by atoms with van der Waals surface area (Å²) >= 11 is 1.29. The number of hydrogen-bond acceptors (Lipinski definition) is 5. The number of sulfonamides is 1. The predicted octanol–water partition coefficient (Wildman–Crippen LogP) is 2.12. The highest BCUT2D eigenvalue weighted by molar-refractivity contribution is 8.14. The first-order valence-electron chi connectivity index (χ1n) is 6.15. The third-order valence-electron chi connectivity index (χ3n) is 3.35. The third-order valence-corrected chi connectivity index (χ3v) is 5.36. The fourth-order valence-corrected chi connectivity index (χ4v) is 4.22. The van der Waals surface area contributed by atoms with E-state index in [0.717, 1.165) is 31.6 Å². The molecule has 1 aromatic carbocycles. The average Bonchev–Trinajstić information content (AvgIpc) is 2.91. The van der Waals surface area contributed by atoms with Crippen LogP contribution in [0.4, 0.5) is 11.4 Å². The van der Waals surface area contributed by atoms with E-state index in [1.54, 1.807) is 12.3 Å². The zero-order valence-electron chi connectivity index (χ0n) is 10.6. The lowest BCUT2D eigenvalue weighted by molar-refractivity contribution is 0.598. The topological polar surface area (TPSA) is 61.8 Å². The molecule has 2 heterocycles. The maximum atomic E-state index is 12.2. The van der Waals surface area contributed by atoms with Crippen molar-refractivity contribution in [1.82, 2.24) is 0 Å². The smallest absolute Gasteiger partial charge is 0.286 e. The maximum Gasteiger partial charge on any atom is 0.286 e. The van der Waals surface area contributed by atoms with Crippen molar-refractivity contribution >= 4 is 38.3 Å². The third kappa shape index (κ3) is 2.32. The molecule has 2 aliphatic rings. The number of benzene rings is 1. The molecule has 0 amide bonds. The Morgan fingerprint density at radius 1 is 1.32 bits per heavy atom. The van der Waals surface area contributed by atoms with Crippen LogP contribution in [0.3, 0.4) is 0 Å². The first kappa shape index (κ1) is 12.8. The van der Waals surface area contributed by atoms with Crippen molar-refractivity contribution in [1.29, 1.82) is 0 Å². The van der Waals surface area contributed by atoms with Crippen molar-refractivity contribution in [3.05, 3.63) is 18.2 Å². The molecule has 0 saturated carbocycles. The molecule has 0 unspecified atom stereocenters. The molecule has 5 nitrogen and oxygen atoms in total. The monoisotopic (exact) mass is 297 g/mol. The Morgan fingerprint density at radius 3 is 2.74 bits per heavy atom. The summed E-state index contributed by atoms with van der Waals surface area (Å²) in [6.07, 6.45) is 4.12. The van der Waals surface area contributed by atoms with Gasteiger partial charge in [-0.15, -0.1) is 4.40 Å². The van der Waals surface area contributed by atoms with Gasteiger partial charge in [0, 0.05) is 18.8 Å². The van der Waals surface area contributed by atoms with E-state index in [4.69, 9.17) is 0 Å². The first-order chi connectivity index (χ1) is 9.10. The number of nitrogens with zero attached hydrogens (tertiary/aromatic N) is 2. The molecule has 0 aliphatic carbocycles. The average molecular weight is 297 g/mol. The number of amidine groups is 1. The molecule has 1 fully saturated rings. The van der Waals surface area contributed by atoms with Gasteiger partial charge in [-0.1, -0.05) is 11.8 Å². The number of hydrogen-bond donors (Lipinski definition) is 1. The summed E-state index contributed by atoms with van der Waals surface area (Å²) < 4.78 is 28.1.